The molecule has 2 N–H and O–H groups in total. The van der Waals surface area contributed by atoms with Crippen LogP contribution >= 0.6 is 0 Å². The van der Waals surface area contributed by atoms with Crippen LogP contribution in [0.2, 0.25) is 0 Å². The zero-order chi connectivity index (χ0) is 12.4. The van der Waals surface area contributed by atoms with Gasteiger partial charge in [-0.1, -0.05) is 13.8 Å². The van der Waals surface area contributed by atoms with Crippen LogP contribution in [0, 0.1) is 5.92 Å². The molecule has 0 aliphatic heterocycles. The largest absolute Gasteiger partial charge is 0.467 e. The molecule has 94 valence electrons. The van der Waals surface area contributed by atoms with Crippen LogP contribution in [-0.4, -0.2) is 22.9 Å². The van der Waals surface area contributed by atoms with E-state index < -0.39 is 6.04 Å². The Hall–Kier alpha value is -1.29. The van der Waals surface area contributed by atoms with Gasteiger partial charge in [0.25, 0.3) is 0 Å². The molecule has 0 radical (unpaired) electrons. The van der Waals surface area contributed by atoms with Gasteiger partial charge in [-0.25, -0.2) is 0 Å². The molecule has 1 heterocycles. The van der Waals surface area contributed by atoms with E-state index in [1.807, 2.05) is 30.9 Å². The van der Waals surface area contributed by atoms with Gasteiger partial charge < -0.3 is 15.1 Å². The highest BCUT2D eigenvalue weighted by Crippen LogP contribution is 2.29. The number of carbonyl (C=O) groups excluding carboxylic acids is 1. The normalized spacial score (nSPS) is 17.2. The summed E-state index contributed by atoms with van der Waals surface area (Å²) in [4.78, 5) is 14.1. The standard InChI is InChI=1S/C13H20N2O2/c1-9(2)12(14)13(16)15(10-5-6-10)8-11-4-3-7-17-11/h3-4,7,9-10,12H,5-6,8,14H2,1-2H3/t12-/m0/s1. The van der Waals surface area contributed by atoms with E-state index in [2.05, 4.69) is 0 Å². The molecule has 17 heavy (non-hydrogen) atoms. The fourth-order valence-corrected chi connectivity index (χ4v) is 1.82. The van der Waals surface area contributed by atoms with Crippen LogP contribution in [0.15, 0.2) is 22.8 Å². The SMILES string of the molecule is CC(C)[C@H](N)C(=O)N(Cc1ccco1)C1CC1. The first-order valence-corrected chi connectivity index (χ1v) is 6.18. The van der Waals surface area contributed by atoms with E-state index in [9.17, 15) is 4.79 Å². The van der Waals surface area contributed by atoms with Crippen LogP contribution < -0.4 is 5.73 Å². The summed E-state index contributed by atoms with van der Waals surface area (Å²) in [6, 6.07) is 3.68. The fourth-order valence-electron chi connectivity index (χ4n) is 1.82. The first-order chi connectivity index (χ1) is 8.09. The second-order valence-corrected chi connectivity index (χ2v) is 5.05. The van der Waals surface area contributed by atoms with Crippen LogP contribution in [0.1, 0.15) is 32.4 Å². The number of furan rings is 1. The Labute approximate surface area is 102 Å². The lowest BCUT2D eigenvalue weighted by Gasteiger charge is -2.26. The molecule has 1 aliphatic rings. The molecule has 1 atom stereocenters. The number of nitrogens with zero attached hydrogens (tertiary/aromatic N) is 1. The van der Waals surface area contributed by atoms with Crippen LogP contribution in [0.4, 0.5) is 0 Å². The van der Waals surface area contributed by atoms with Crippen LogP contribution in [0.3, 0.4) is 0 Å². The van der Waals surface area contributed by atoms with Gasteiger partial charge in [0.2, 0.25) is 5.91 Å². The molecule has 1 aliphatic carbocycles. The predicted molar refractivity (Wildman–Crippen MR) is 65.1 cm³/mol. The van der Waals surface area contributed by atoms with Gasteiger partial charge in [0, 0.05) is 6.04 Å². The highest BCUT2D eigenvalue weighted by molar-refractivity contribution is 5.82. The van der Waals surface area contributed by atoms with E-state index in [-0.39, 0.29) is 11.8 Å². The summed E-state index contributed by atoms with van der Waals surface area (Å²) in [5, 5.41) is 0. The molecule has 4 nitrogen and oxygen atoms in total. The molecule has 1 amide bonds. The van der Waals surface area contributed by atoms with Gasteiger partial charge in [0.05, 0.1) is 18.8 Å². The third-order valence-electron chi connectivity index (χ3n) is 3.18. The quantitative estimate of drug-likeness (QED) is 0.847. The van der Waals surface area contributed by atoms with Crippen molar-refractivity contribution in [3.63, 3.8) is 0 Å². The monoisotopic (exact) mass is 236 g/mol. The van der Waals surface area contributed by atoms with Crippen molar-refractivity contribution < 1.29 is 9.21 Å². The molecule has 1 fully saturated rings. The number of nitrogens with two attached hydrogens (primary N) is 1. The second-order valence-electron chi connectivity index (χ2n) is 5.05. The van der Waals surface area contributed by atoms with E-state index in [1.54, 1.807) is 6.26 Å². The molecular formula is C13H20N2O2. The van der Waals surface area contributed by atoms with Crippen molar-refractivity contribution in [2.45, 2.75) is 45.3 Å². The Bertz CT molecular complexity index is 369. The van der Waals surface area contributed by atoms with E-state index in [0.717, 1.165) is 18.6 Å². The van der Waals surface area contributed by atoms with Crippen LogP contribution in [0.5, 0.6) is 0 Å². The Morgan fingerprint density at radius 3 is 2.76 bits per heavy atom. The number of amides is 1. The van der Waals surface area contributed by atoms with E-state index >= 15 is 0 Å². The highest BCUT2D eigenvalue weighted by Gasteiger charge is 2.35. The lowest BCUT2D eigenvalue weighted by molar-refractivity contribution is -0.135. The summed E-state index contributed by atoms with van der Waals surface area (Å²) < 4.78 is 5.30. The Balaban J connectivity index is 2.04. The maximum absolute atomic E-state index is 12.3. The summed E-state index contributed by atoms with van der Waals surface area (Å²) in [5.74, 6) is 1.03. The fraction of sp³-hybridized carbons (Fsp3) is 0.615. The van der Waals surface area contributed by atoms with Crippen molar-refractivity contribution >= 4 is 5.91 Å². The number of rotatable bonds is 5. The first-order valence-electron chi connectivity index (χ1n) is 6.18. The topological polar surface area (TPSA) is 59.5 Å². The van der Waals surface area contributed by atoms with Crippen molar-refractivity contribution in [2.24, 2.45) is 11.7 Å². The van der Waals surface area contributed by atoms with E-state index in [1.165, 1.54) is 0 Å². The molecule has 0 unspecified atom stereocenters. The molecule has 0 spiro atoms. The third-order valence-corrected chi connectivity index (χ3v) is 3.18. The molecule has 2 rings (SSSR count). The molecule has 0 saturated heterocycles. The zero-order valence-electron chi connectivity index (χ0n) is 10.4. The van der Waals surface area contributed by atoms with Crippen molar-refractivity contribution in [1.29, 1.82) is 0 Å². The summed E-state index contributed by atoms with van der Waals surface area (Å²) in [5.41, 5.74) is 5.93. The van der Waals surface area contributed by atoms with Gasteiger partial charge >= 0.3 is 0 Å². The Morgan fingerprint density at radius 2 is 2.29 bits per heavy atom. The number of hydrogen-bond donors (Lipinski definition) is 1. The summed E-state index contributed by atoms with van der Waals surface area (Å²) in [6.07, 6.45) is 3.79. The lowest BCUT2D eigenvalue weighted by atomic mass is 10.0. The molecule has 4 heteroatoms. The molecule has 1 saturated carbocycles. The van der Waals surface area contributed by atoms with Crippen molar-refractivity contribution in [2.75, 3.05) is 0 Å². The minimum atomic E-state index is -0.412. The first kappa shape index (κ1) is 12.2. The van der Waals surface area contributed by atoms with Crippen molar-refractivity contribution in [3.8, 4) is 0 Å². The minimum Gasteiger partial charge on any atom is -0.467 e. The summed E-state index contributed by atoms with van der Waals surface area (Å²) >= 11 is 0. The molecule has 1 aromatic rings. The predicted octanol–water partition coefficient (Wildman–Crippen LogP) is 1.75. The van der Waals surface area contributed by atoms with Gasteiger partial charge in [-0.15, -0.1) is 0 Å². The minimum absolute atomic E-state index is 0.0406. The molecular weight excluding hydrogens is 216 g/mol. The van der Waals surface area contributed by atoms with Gasteiger partial charge in [-0.05, 0) is 30.9 Å². The number of hydrogen-bond acceptors (Lipinski definition) is 3. The van der Waals surface area contributed by atoms with Crippen molar-refractivity contribution in [3.05, 3.63) is 24.2 Å². The van der Waals surface area contributed by atoms with Crippen LogP contribution in [-0.2, 0) is 11.3 Å². The smallest absolute Gasteiger partial charge is 0.240 e. The zero-order valence-corrected chi connectivity index (χ0v) is 10.4. The van der Waals surface area contributed by atoms with Gasteiger partial charge in [-0.2, -0.15) is 0 Å². The number of carbonyl (C=O) groups is 1. The van der Waals surface area contributed by atoms with Gasteiger partial charge in [0.15, 0.2) is 0 Å². The third kappa shape index (κ3) is 2.88. The Morgan fingerprint density at radius 1 is 1.59 bits per heavy atom. The van der Waals surface area contributed by atoms with Crippen LogP contribution in [0.25, 0.3) is 0 Å². The second kappa shape index (κ2) is 4.92. The van der Waals surface area contributed by atoms with Gasteiger partial charge in [-0.3, -0.25) is 4.79 Å². The average Bonchev–Trinajstić information content (AvgIpc) is 3.01. The maximum atomic E-state index is 12.3. The highest BCUT2D eigenvalue weighted by atomic mass is 16.3. The van der Waals surface area contributed by atoms with E-state index in [0.29, 0.717) is 12.6 Å². The van der Waals surface area contributed by atoms with Gasteiger partial charge in [0.1, 0.15) is 5.76 Å². The van der Waals surface area contributed by atoms with Crippen molar-refractivity contribution in [1.82, 2.24) is 4.90 Å². The Kier molecular flexibility index (Phi) is 3.52. The molecule has 1 aromatic heterocycles. The summed E-state index contributed by atoms with van der Waals surface area (Å²) in [7, 11) is 0. The summed E-state index contributed by atoms with van der Waals surface area (Å²) in [6.45, 7) is 4.48. The molecule has 0 aromatic carbocycles. The maximum Gasteiger partial charge on any atom is 0.240 e. The average molecular weight is 236 g/mol. The molecule has 0 bridgehead atoms. The van der Waals surface area contributed by atoms with E-state index in [4.69, 9.17) is 10.2 Å². The lowest BCUT2D eigenvalue weighted by Crippen LogP contribution is -2.47.